The summed E-state index contributed by atoms with van der Waals surface area (Å²) in [6.45, 7) is 1.30. The van der Waals surface area contributed by atoms with Gasteiger partial charge in [-0.05, 0) is 46.9 Å². The number of thiol groups is 1. The molecule has 0 aliphatic heterocycles. The molecule has 0 radical (unpaired) electrons. The fourth-order valence-electron chi connectivity index (χ4n) is 4.86. The minimum absolute atomic E-state index is 0.0145. The second kappa shape index (κ2) is 12.8. The van der Waals surface area contributed by atoms with Gasteiger partial charge in [0, 0.05) is 17.4 Å². The Balaban J connectivity index is 1.43. The molecule has 0 spiro atoms. The van der Waals surface area contributed by atoms with Crippen LogP contribution in [0.15, 0.2) is 65.6 Å². The molecule has 4 rings (SSSR count). The van der Waals surface area contributed by atoms with E-state index in [1.165, 1.54) is 26.2 Å². The smallest absolute Gasteiger partial charge is 0.407 e. The van der Waals surface area contributed by atoms with Gasteiger partial charge >= 0.3 is 12.1 Å². The van der Waals surface area contributed by atoms with Gasteiger partial charge in [0.25, 0.3) is 0 Å². The second-order valence-corrected chi connectivity index (χ2v) is 9.72. The van der Waals surface area contributed by atoms with Crippen molar-refractivity contribution < 1.29 is 33.3 Å². The maximum absolute atomic E-state index is 13.3. The maximum atomic E-state index is 13.3. The van der Waals surface area contributed by atoms with Crippen molar-refractivity contribution in [2.75, 3.05) is 34.5 Å². The van der Waals surface area contributed by atoms with Crippen LogP contribution in [0.4, 0.5) is 4.79 Å². The molecule has 40 heavy (non-hydrogen) atoms. The summed E-state index contributed by atoms with van der Waals surface area (Å²) in [7, 11) is 4.25. The van der Waals surface area contributed by atoms with Gasteiger partial charge < -0.3 is 29.2 Å². The molecule has 0 saturated heterocycles. The van der Waals surface area contributed by atoms with Crippen molar-refractivity contribution in [1.82, 2.24) is 10.2 Å². The summed E-state index contributed by atoms with van der Waals surface area (Å²) in [6.07, 6.45) is -0.734. The van der Waals surface area contributed by atoms with Crippen molar-refractivity contribution in [3.8, 4) is 22.6 Å². The highest BCUT2D eigenvalue weighted by Crippen LogP contribution is 2.44. The summed E-state index contributed by atoms with van der Waals surface area (Å²) in [5.41, 5.74) is 5.03. The van der Waals surface area contributed by atoms with Crippen LogP contribution in [0.3, 0.4) is 0 Å². The lowest BCUT2D eigenvalue weighted by atomic mass is 9.98. The number of nitrogens with zero attached hydrogens (tertiary/aromatic N) is 1. The number of rotatable bonds is 10. The molecular formula is C30H32N2O7S. The van der Waals surface area contributed by atoms with Gasteiger partial charge in [0.15, 0.2) is 11.5 Å². The zero-order valence-electron chi connectivity index (χ0n) is 22.8. The molecule has 3 aromatic rings. The third-order valence-corrected chi connectivity index (χ3v) is 7.40. The standard InChI is InChI=1S/C30H32N2O7S/c1-18(29(34)38-4)32(16-19-13-25(36-2)26(37-3)14-27(19)40)28(33)15-31-30(35)39-17-24-22-11-7-5-9-20(22)21-10-6-8-12-23(21)24/h5-14,18,24,40H,15-17H2,1-4H3,(H,31,35)/t18-/m0/s1/i28+1. The Labute approximate surface area is 238 Å². The molecule has 0 aromatic heterocycles. The summed E-state index contributed by atoms with van der Waals surface area (Å²) < 4.78 is 21.1. The van der Waals surface area contributed by atoms with Crippen molar-refractivity contribution in [1.29, 1.82) is 0 Å². The number of benzene rings is 3. The molecule has 0 heterocycles. The van der Waals surface area contributed by atoms with Gasteiger partial charge in [0.2, 0.25) is 5.91 Å². The fraction of sp³-hybridized carbons (Fsp3) is 0.300. The molecule has 0 unspecified atom stereocenters. The minimum atomic E-state index is -0.928. The molecule has 0 bridgehead atoms. The predicted molar refractivity (Wildman–Crippen MR) is 152 cm³/mol. The van der Waals surface area contributed by atoms with Crippen molar-refractivity contribution >= 4 is 30.6 Å². The van der Waals surface area contributed by atoms with Crippen molar-refractivity contribution in [3.05, 3.63) is 77.4 Å². The lowest BCUT2D eigenvalue weighted by molar-refractivity contribution is -0.152. The van der Waals surface area contributed by atoms with Crippen molar-refractivity contribution in [3.63, 3.8) is 0 Å². The van der Waals surface area contributed by atoms with E-state index in [4.69, 9.17) is 18.9 Å². The monoisotopic (exact) mass is 565 g/mol. The van der Waals surface area contributed by atoms with E-state index in [0.29, 0.717) is 22.0 Å². The van der Waals surface area contributed by atoms with Gasteiger partial charge in [-0.15, -0.1) is 12.6 Å². The van der Waals surface area contributed by atoms with Crippen molar-refractivity contribution in [2.45, 2.75) is 30.3 Å². The third kappa shape index (κ3) is 6.02. The molecule has 0 fully saturated rings. The van der Waals surface area contributed by atoms with Gasteiger partial charge in [-0.3, -0.25) is 4.79 Å². The first-order chi connectivity index (χ1) is 19.3. The van der Waals surface area contributed by atoms with E-state index in [9.17, 15) is 14.4 Å². The molecule has 1 aliphatic carbocycles. The molecule has 2 amide bonds. The van der Waals surface area contributed by atoms with E-state index in [0.717, 1.165) is 22.3 Å². The first-order valence-corrected chi connectivity index (χ1v) is 13.1. The zero-order chi connectivity index (χ0) is 28.8. The quantitative estimate of drug-likeness (QED) is 0.213. The zero-order valence-corrected chi connectivity index (χ0v) is 23.7. The number of alkyl carbamates (subject to hydrolysis) is 1. The molecule has 0 saturated carbocycles. The molecule has 1 atom stereocenters. The SMILES string of the molecule is COC(=O)[C@H](C)N(Cc1cc(OC)c(OC)cc1S)[13C](=O)CNC(=O)OCC1c2ccccc2-c2ccccc21. The first kappa shape index (κ1) is 28.8. The van der Waals surface area contributed by atoms with E-state index in [-0.39, 0.29) is 25.6 Å². The molecule has 3 aromatic carbocycles. The number of amides is 2. The maximum Gasteiger partial charge on any atom is 0.407 e. The predicted octanol–water partition coefficient (Wildman–Crippen LogP) is 4.42. The molecule has 210 valence electrons. The van der Waals surface area contributed by atoms with E-state index in [1.807, 2.05) is 36.4 Å². The van der Waals surface area contributed by atoms with Gasteiger partial charge in [-0.2, -0.15) is 0 Å². The van der Waals surface area contributed by atoms with Crippen LogP contribution in [0.25, 0.3) is 11.1 Å². The number of carbonyl (C=O) groups is 3. The van der Waals surface area contributed by atoms with Crippen LogP contribution in [0, 0.1) is 0 Å². The summed E-state index contributed by atoms with van der Waals surface area (Å²) in [5.74, 6) is -0.287. The van der Waals surface area contributed by atoms with Crippen LogP contribution in [0.1, 0.15) is 29.5 Å². The Hall–Kier alpha value is -4.18. The van der Waals surface area contributed by atoms with E-state index < -0.39 is 24.0 Å². The van der Waals surface area contributed by atoms with Crippen molar-refractivity contribution in [2.24, 2.45) is 0 Å². The van der Waals surface area contributed by atoms with Gasteiger partial charge in [0.05, 0.1) is 21.3 Å². The summed E-state index contributed by atoms with van der Waals surface area (Å²) in [4.78, 5) is 40.1. The second-order valence-electron chi connectivity index (χ2n) is 9.24. The number of ether oxygens (including phenoxy) is 4. The lowest BCUT2D eigenvalue weighted by Gasteiger charge is -2.28. The van der Waals surface area contributed by atoms with Gasteiger partial charge in [-0.1, -0.05) is 48.5 Å². The van der Waals surface area contributed by atoms with Crippen LogP contribution in [0.2, 0.25) is 0 Å². The Kier molecular flexibility index (Phi) is 9.21. The summed E-state index contributed by atoms with van der Waals surface area (Å²) in [5, 5.41) is 2.52. The number of fused-ring (bicyclic) bond motifs is 3. The number of carbonyl (C=O) groups excluding carboxylic acids is 3. The Morgan fingerprint density at radius 1 is 0.925 bits per heavy atom. The largest absolute Gasteiger partial charge is 0.493 e. The van der Waals surface area contributed by atoms with Crippen LogP contribution >= 0.6 is 12.6 Å². The Morgan fingerprint density at radius 2 is 1.50 bits per heavy atom. The average Bonchev–Trinajstić information content (AvgIpc) is 3.30. The first-order valence-electron chi connectivity index (χ1n) is 12.7. The van der Waals surface area contributed by atoms with Crippen LogP contribution < -0.4 is 14.8 Å². The fourth-order valence-corrected chi connectivity index (χ4v) is 5.11. The molecule has 10 heteroatoms. The van der Waals surface area contributed by atoms with E-state index in [1.54, 1.807) is 19.1 Å². The van der Waals surface area contributed by atoms with E-state index >= 15 is 0 Å². The highest BCUT2D eigenvalue weighted by molar-refractivity contribution is 7.80. The average molecular weight is 566 g/mol. The van der Waals surface area contributed by atoms with E-state index in [2.05, 4.69) is 30.1 Å². The normalized spacial score (nSPS) is 12.5. The van der Waals surface area contributed by atoms with Crippen LogP contribution in [-0.2, 0) is 25.6 Å². The Morgan fingerprint density at radius 3 is 2.08 bits per heavy atom. The topological polar surface area (TPSA) is 103 Å². The third-order valence-electron chi connectivity index (χ3n) is 6.98. The van der Waals surface area contributed by atoms with Crippen LogP contribution in [-0.4, -0.2) is 63.4 Å². The molecule has 9 nitrogen and oxygen atoms in total. The summed E-state index contributed by atoms with van der Waals surface area (Å²) >= 11 is 4.51. The highest BCUT2D eigenvalue weighted by Gasteiger charge is 2.30. The number of methoxy groups -OCH3 is 3. The number of nitrogens with one attached hydrogen (secondary N) is 1. The van der Waals surface area contributed by atoms with Crippen LogP contribution in [0.5, 0.6) is 11.5 Å². The highest BCUT2D eigenvalue weighted by atomic mass is 32.1. The number of esters is 1. The number of hydrogen-bond donors (Lipinski definition) is 2. The molecular weight excluding hydrogens is 533 g/mol. The minimum Gasteiger partial charge on any atom is -0.493 e. The summed E-state index contributed by atoms with van der Waals surface area (Å²) in [6, 6.07) is 18.5. The molecule has 1 N–H and O–H groups in total. The lowest BCUT2D eigenvalue weighted by Crippen LogP contribution is -2.47. The van der Waals surface area contributed by atoms with Gasteiger partial charge in [0.1, 0.15) is 19.2 Å². The van der Waals surface area contributed by atoms with Gasteiger partial charge in [-0.25, -0.2) is 9.59 Å². The number of hydrogen-bond acceptors (Lipinski definition) is 8. The molecule has 1 aliphatic rings. The Bertz CT molecular complexity index is 1370.